The van der Waals surface area contributed by atoms with Gasteiger partial charge in [0.2, 0.25) is 5.91 Å². The van der Waals surface area contributed by atoms with Gasteiger partial charge in [0.1, 0.15) is 5.82 Å². The zero-order chi connectivity index (χ0) is 12.8. The van der Waals surface area contributed by atoms with Gasteiger partial charge in [-0.3, -0.25) is 4.79 Å². The third-order valence-corrected chi connectivity index (χ3v) is 4.09. The molecule has 1 N–H and O–H groups in total. The maximum absolute atomic E-state index is 13.5. The number of hydrogen-bond acceptors (Lipinski definition) is 1. The highest BCUT2D eigenvalue weighted by Crippen LogP contribution is 2.40. The number of benzene rings is 1. The van der Waals surface area contributed by atoms with Crippen molar-refractivity contribution in [3.8, 4) is 0 Å². The predicted molar refractivity (Wildman–Crippen MR) is 66.0 cm³/mol. The molecule has 1 heterocycles. The highest BCUT2D eigenvalue weighted by atomic mass is 35.5. The van der Waals surface area contributed by atoms with Crippen molar-refractivity contribution < 1.29 is 9.18 Å². The number of rotatable bonds is 1. The van der Waals surface area contributed by atoms with Crippen LogP contribution in [0.25, 0.3) is 0 Å². The summed E-state index contributed by atoms with van der Waals surface area (Å²) in [6.45, 7) is 3.78. The third kappa shape index (κ3) is 2.02. The van der Waals surface area contributed by atoms with Gasteiger partial charge in [-0.25, -0.2) is 4.39 Å². The summed E-state index contributed by atoms with van der Waals surface area (Å²) in [6.07, 6.45) is 0.301. The van der Waals surface area contributed by atoms with Crippen LogP contribution >= 0.6 is 23.2 Å². The first-order chi connectivity index (χ1) is 7.84. The van der Waals surface area contributed by atoms with Gasteiger partial charge in [0, 0.05) is 22.9 Å². The van der Waals surface area contributed by atoms with Gasteiger partial charge < -0.3 is 5.32 Å². The Bertz CT molecular complexity index is 492. The second kappa shape index (κ2) is 4.14. The second-order valence-electron chi connectivity index (χ2n) is 4.63. The largest absolute Gasteiger partial charge is 0.353 e. The summed E-state index contributed by atoms with van der Waals surface area (Å²) in [6, 6.07) is 2.61. The predicted octanol–water partition coefficient (Wildman–Crippen LogP) is 3.30. The Hall–Kier alpha value is -0.800. The van der Waals surface area contributed by atoms with Crippen molar-refractivity contribution in [1.29, 1.82) is 0 Å². The van der Waals surface area contributed by atoms with E-state index in [1.165, 1.54) is 12.1 Å². The molecule has 1 fully saturated rings. The zero-order valence-electron chi connectivity index (χ0n) is 9.48. The molecule has 0 radical (unpaired) electrons. The number of nitrogens with one attached hydrogen (secondary N) is 1. The number of amides is 1. The summed E-state index contributed by atoms with van der Waals surface area (Å²) < 4.78 is 13.5. The molecule has 0 saturated carbocycles. The Morgan fingerprint density at radius 2 is 2.06 bits per heavy atom. The molecular formula is C12H12Cl2FNO. The Morgan fingerprint density at radius 1 is 1.41 bits per heavy atom. The minimum absolute atomic E-state index is 0.00714. The van der Waals surface area contributed by atoms with E-state index in [0.717, 1.165) is 0 Å². The lowest BCUT2D eigenvalue weighted by atomic mass is 9.76. The summed E-state index contributed by atoms with van der Waals surface area (Å²) in [4.78, 5) is 11.4. The fourth-order valence-corrected chi connectivity index (χ4v) is 2.83. The third-order valence-electron chi connectivity index (χ3n) is 3.49. The summed E-state index contributed by atoms with van der Waals surface area (Å²) in [5.74, 6) is -0.565. The standard InChI is InChI=1S/C12H12Cl2FNO/c1-6-12(2,5-11(17)16-6)7-3-10(15)9(14)4-8(7)13/h3-4,6H,5H2,1-2H3,(H,16,17). The Labute approximate surface area is 109 Å². The molecule has 0 bridgehead atoms. The number of carbonyl (C=O) groups excluding carboxylic acids is 1. The molecule has 2 unspecified atom stereocenters. The minimum Gasteiger partial charge on any atom is -0.353 e. The lowest BCUT2D eigenvalue weighted by molar-refractivity contribution is -0.119. The van der Waals surface area contributed by atoms with E-state index in [2.05, 4.69) is 5.32 Å². The topological polar surface area (TPSA) is 29.1 Å². The van der Waals surface area contributed by atoms with Crippen LogP contribution in [-0.4, -0.2) is 11.9 Å². The molecule has 0 aliphatic carbocycles. The molecular weight excluding hydrogens is 264 g/mol. The van der Waals surface area contributed by atoms with Gasteiger partial charge in [0.15, 0.2) is 0 Å². The molecule has 1 aliphatic rings. The van der Waals surface area contributed by atoms with Gasteiger partial charge in [-0.1, -0.05) is 30.1 Å². The Morgan fingerprint density at radius 3 is 2.59 bits per heavy atom. The van der Waals surface area contributed by atoms with E-state index >= 15 is 0 Å². The van der Waals surface area contributed by atoms with Crippen LogP contribution in [0.2, 0.25) is 10.0 Å². The van der Waals surface area contributed by atoms with Gasteiger partial charge in [-0.2, -0.15) is 0 Å². The lowest BCUT2D eigenvalue weighted by Gasteiger charge is -2.29. The lowest BCUT2D eigenvalue weighted by Crippen LogP contribution is -2.35. The van der Waals surface area contributed by atoms with E-state index in [9.17, 15) is 9.18 Å². The van der Waals surface area contributed by atoms with Crippen LogP contribution in [0.5, 0.6) is 0 Å². The SMILES string of the molecule is CC1NC(=O)CC1(C)c1cc(F)c(Cl)cc1Cl. The molecule has 2 atom stereocenters. The van der Waals surface area contributed by atoms with Crippen molar-refractivity contribution in [2.75, 3.05) is 0 Å². The average Bonchev–Trinajstić information content (AvgIpc) is 2.47. The molecule has 2 rings (SSSR count). The number of hydrogen-bond donors (Lipinski definition) is 1. The summed E-state index contributed by atoms with van der Waals surface area (Å²) in [7, 11) is 0. The maximum Gasteiger partial charge on any atom is 0.221 e. The first-order valence-corrected chi connectivity index (χ1v) is 6.04. The molecule has 92 valence electrons. The average molecular weight is 276 g/mol. The highest BCUT2D eigenvalue weighted by molar-refractivity contribution is 6.35. The molecule has 1 aromatic rings. The van der Waals surface area contributed by atoms with Crippen LogP contribution in [0, 0.1) is 5.82 Å². The van der Waals surface area contributed by atoms with Crippen molar-refractivity contribution in [2.45, 2.75) is 31.7 Å². The smallest absolute Gasteiger partial charge is 0.221 e. The van der Waals surface area contributed by atoms with Crippen LogP contribution in [0.15, 0.2) is 12.1 Å². The van der Waals surface area contributed by atoms with Gasteiger partial charge in [-0.05, 0) is 24.6 Å². The van der Waals surface area contributed by atoms with Crippen molar-refractivity contribution in [3.05, 3.63) is 33.6 Å². The zero-order valence-corrected chi connectivity index (χ0v) is 11.0. The monoisotopic (exact) mass is 275 g/mol. The molecule has 5 heteroatoms. The molecule has 1 aromatic carbocycles. The van der Waals surface area contributed by atoms with Crippen LogP contribution in [0.1, 0.15) is 25.8 Å². The van der Waals surface area contributed by atoms with Crippen molar-refractivity contribution in [1.82, 2.24) is 5.32 Å². The van der Waals surface area contributed by atoms with E-state index in [1.807, 2.05) is 13.8 Å². The van der Waals surface area contributed by atoms with Crippen molar-refractivity contribution >= 4 is 29.1 Å². The van der Waals surface area contributed by atoms with E-state index in [1.54, 1.807) is 0 Å². The van der Waals surface area contributed by atoms with E-state index < -0.39 is 11.2 Å². The van der Waals surface area contributed by atoms with E-state index in [-0.39, 0.29) is 17.0 Å². The normalized spacial score (nSPS) is 28.3. The molecule has 0 aromatic heterocycles. The van der Waals surface area contributed by atoms with Crippen LogP contribution in [0.3, 0.4) is 0 Å². The van der Waals surface area contributed by atoms with Crippen molar-refractivity contribution in [2.24, 2.45) is 0 Å². The Kier molecular flexibility index (Phi) is 3.08. The molecule has 1 saturated heterocycles. The molecule has 0 spiro atoms. The molecule has 1 amide bonds. The quantitative estimate of drug-likeness (QED) is 0.783. The van der Waals surface area contributed by atoms with Gasteiger partial charge in [-0.15, -0.1) is 0 Å². The van der Waals surface area contributed by atoms with Gasteiger partial charge in [0.25, 0.3) is 0 Å². The second-order valence-corrected chi connectivity index (χ2v) is 5.44. The fourth-order valence-electron chi connectivity index (χ4n) is 2.23. The molecule has 2 nitrogen and oxygen atoms in total. The van der Waals surface area contributed by atoms with Gasteiger partial charge >= 0.3 is 0 Å². The molecule has 1 aliphatic heterocycles. The highest BCUT2D eigenvalue weighted by Gasteiger charge is 2.43. The van der Waals surface area contributed by atoms with Crippen LogP contribution < -0.4 is 5.32 Å². The minimum atomic E-state index is -0.515. The summed E-state index contributed by atoms with van der Waals surface area (Å²) in [5.41, 5.74) is 0.117. The van der Waals surface area contributed by atoms with E-state index in [0.29, 0.717) is 17.0 Å². The fraction of sp³-hybridized carbons (Fsp3) is 0.417. The number of halogens is 3. The molecule has 17 heavy (non-hydrogen) atoms. The van der Waals surface area contributed by atoms with Crippen molar-refractivity contribution in [3.63, 3.8) is 0 Å². The summed E-state index contributed by atoms with van der Waals surface area (Å²) in [5, 5.41) is 3.20. The first kappa shape index (κ1) is 12.7. The van der Waals surface area contributed by atoms with Gasteiger partial charge in [0.05, 0.1) is 5.02 Å². The maximum atomic E-state index is 13.5. The summed E-state index contributed by atoms with van der Waals surface area (Å²) >= 11 is 11.8. The van der Waals surface area contributed by atoms with Crippen LogP contribution in [-0.2, 0) is 10.2 Å². The Balaban J connectivity index is 2.54. The first-order valence-electron chi connectivity index (χ1n) is 5.29. The van der Waals surface area contributed by atoms with Crippen LogP contribution in [0.4, 0.5) is 4.39 Å². The van der Waals surface area contributed by atoms with E-state index in [4.69, 9.17) is 23.2 Å². The number of carbonyl (C=O) groups is 1.